The van der Waals surface area contributed by atoms with Crippen LogP contribution in [0.2, 0.25) is 0 Å². The van der Waals surface area contributed by atoms with Crippen molar-refractivity contribution < 1.29 is 9.84 Å². The first-order valence-electron chi connectivity index (χ1n) is 4.83. The average molecular weight is 199 g/mol. The first kappa shape index (κ1) is 11.1. The van der Waals surface area contributed by atoms with Gasteiger partial charge in [0.2, 0.25) is 0 Å². The van der Waals surface area contributed by atoms with E-state index in [-0.39, 0.29) is 0 Å². The summed E-state index contributed by atoms with van der Waals surface area (Å²) < 4.78 is 6.84. The van der Waals surface area contributed by atoms with Crippen molar-refractivity contribution >= 4 is 0 Å². The highest BCUT2D eigenvalue weighted by Crippen LogP contribution is 1.98. The lowest BCUT2D eigenvalue weighted by Crippen LogP contribution is -2.18. The molecule has 1 heterocycles. The van der Waals surface area contributed by atoms with Gasteiger partial charge in [0.25, 0.3) is 0 Å². The molecule has 0 aliphatic carbocycles. The fraction of sp³-hybridized carbons (Fsp3) is 0.778. The van der Waals surface area contributed by atoms with Gasteiger partial charge in [0.1, 0.15) is 0 Å². The zero-order valence-corrected chi connectivity index (χ0v) is 8.68. The molecule has 0 amide bonds. The summed E-state index contributed by atoms with van der Waals surface area (Å²) >= 11 is 0. The van der Waals surface area contributed by atoms with Crippen LogP contribution in [0.4, 0.5) is 0 Å². The number of aromatic nitrogens is 3. The summed E-state index contributed by atoms with van der Waals surface area (Å²) in [7, 11) is 1.80. The highest BCUT2D eigenvalue weighted by Gasteiger charge is 2.07. The molecule has 0 bridgehead atoms. The van der Waals surface area contributed by atoms with Crippen LogP contribution < -0.4 is 0 Å². The number of nitrogens with zero attached hydrogens (tertiary/aromatic N) is 3. The molecular formula is C9H17N3O2. The zero-order valence-electron chi connectivity index (χ0n) is 8.68. The number of aliphatic hydroxyl groups excluding tert-OH is 1. The average Bonchev–Trinajstić information content (AvgIpc) is 2.52. The van der Waals surface area contributed by atoms with Crippen molar-refractivity contribution in [3.05, 3.63) is 11.9 Å². The fourth-order valence-electron chi connectivity index (χ4n) is 1.15. The summed E-state index contributed by atoms with van der Waals surface area (Å²) in [6, 6.07) is 0. The van der Waals surface area contributed by atoms with E-state index in [0.717, 1.165) is 12.1 Å². The Kier molecular flexibility index (Phi) is 4.55. The van der Waals surface area contributed by atoms with Crippen LogP contribution in [0.25, 0.3) is 0 Å². The van der Waals surface area contributed by atoms with Gasteiger partial charge in [-0.25, -0.2) is 0 Å². The third-order valence-corrected chi connectivity index (χ3v) is 1.75. The smallest absolute Gasteiger partial charge is 0.0853 e. The number of aryl methyl sites for hydroxylation is 1. The topological polar surface area (TPSA) is 60.2 Å². The van der Waals surface area contributed by atoms with Crippen LogP contribution in [0.15, 0.2) is 6.20 Å². The predicted molar refractivity (Wildman–Crippen MR) is 51.8 cm³/mol. The van der Waals surface area contributed by atoms with Gasteiger partial charge >= 0.3 is 0 Å². The lowest BCUT2D eigenvalue weighted by molar-refractivity contribution is 0.0369. The molecule has 1 rings (SSSR count). The van der Waals surface area contributed by atoms with Gasteiger partial charge in [0, 0.05) is 26.3 Å². The molecule has 1 unspecified atom stereocenters. The van der Waals surface area contributed by atoms with E-state index in [1.807, 2.05) is 6.92 Å². The Labute approximate surface area is 83.7 Å². The largest absolute Gasteiger partial charge is 0.390 e. The van der Waals surface area contributed by atoms with Crippen molar-refractivity contribution in [2.24, 2.45) is 7.05 Å². The Hall–Kier alpha value is -0.940. The molecule has 1 atom stereocenters. The van der Waals surface area contributed by atoms with Gasteiger partial charge in [-0.1, -0.05) is 12.1 Å². The number of aliphatic hydroxyl groups is 1. The quantitative estimate of drug-likeness (QED) is 0.662. The SMILES string of the molecule is CCCOCC(O)Cc1cn(C)nn1. The molecule has 0 spiro atoms. The van der Waals surface area contributed by atoms with Crippen LogP contribution in [0, 0.1) is 0 Å². The van der Waals surface area contributed by atoms with Gasteiger partial charge in [0.15, 0.2) is 0 Å². The molecule has 0 fully saturated rings. The highest BCUT2D eigenvalue weighted by molar-refractivity contribution is 4.93. The molecule has 14 heavy (non-hydrogen) atoms. The van der Waals surface area contributed by atoms with E-state index in [9.17, 15) is 5.11 Å². The van der Waals surface area contributed by atoms with Crippen molar-refractivity contribution in [2.75, 3.05) is 13.2 Å². The second-order valence-corrected chi connectivity index (χ2v) is 3.32. The Bertz CT molecular complexity index is 262. The van der Waals surface area contributed by atoms with Crippen LogP contribution in [0.1, 0.15) is 19.0 Å². The summed E-state index contributed by atoms with van der Waals surface area (Å²) in [5.41, 5.74) is 0.792. The van der Waals surface area contributed by atoms with E-state index < -0.39 is 6.10 Å². The molecule has 1 N–H and O–H groups in total. The normalized spacial score (nSPS) is 13.1. The van der Waals surface area contributed by atoms with Crippen LogP contribution in [-0.2, 0) is 18.2 Å². The van der Waals surface area contributed by atoms with Crippen molar-refractivity contribution in [3.8, 4) is 0 Å². The maximum Gasteiger partial charge on any atom is 0.0853 e. The van der Waals surface area contributed by atoms with Gasteiger partial charge in [-0.05, 0) is 6.42 Å². The van der Waals surface area contributed by atoms with Crippen LogP contribution in [-0.4, -0.2) is 39.4 Å². The van der Waals surface area contributed by atoms with Crippen molar-refractivity contribution in [1.29, 1.82) is 0 Å². The standard InChI is InChI=1S/C9H17N3O2/c1-3-4-14-7-9(13)5-8-6-12(2)11-10-8/h6,9,13H,3-5,7H2,1-2H3. The Morgan fingerprint density at radius 1 is 1.64 bits per heavy atom. The van der Waals surface area contributed by atoms with Crippen molar-refractivity contribution in [2.45, 2.75) is 25.9 Å². The van der Waals surface area contributed by atoms with Crippen LogP contribution in [0.3, 0.4) is 0 Å². The van der Waals surface area contributed by atoms with Crippen LogP contribution >= 0.6 is 0 Å². The molecule has 0 saturated carbocycles. The first-order chi connectivity index (χ1) is 6.72. The lowest BCUT2D eigenvalue weighted by Gasteiger charge is -2.08. The molecule has 0 aliphatic heterocycles. The Morgan fingerprint density at radius 2 is 2.43 bits per heavy atom. The monoisotopic (exact) mass is 199 g/mol. The second kappa shape index (κ2) is 5.72. The van der Waals surface area contributed by atoms with Gasteiger partial charge in [-0.3, -0.25) is 4.68 Å². The Balaban J connectivity index is 2.23. The summed E-state index contributed by atoms with van der Waals surface area (Å²) in [6.45, 7) is 3.09. The molecular weight excluding hydrogens is 182 g/mol. The minimum Gasteiger partial charge on any atom is -0.390 e. The predicted octanol–water partition coefficient (Wildman–Crippen LogP) is 0.145. The minimum absolute atomic E-state index is 0.365. The van der Waals surface area contributed by atoms with Crippen molar-refractivity contribution in [3.63, 3.8) is 0 Å². The molecule has 1 aromatic rings. The molecule has 0 aromatic carbocycles. The molecule has 5 heteroatoms. The number of hydrogen-bond donors (Lipinski definition) is 1. The molecule has 1 aromatic heterocycles. The number of ether oxygens (including phenoxy) is 1. The molecule has 0 radical (unpaired) electrons. The minimum atomic E-state index is -0.488. The van der Waals surface area contributed by atoms with E-state index in [4.69, 9.17) is 4.74 Å². The van der Waals surface area contributed by atoms with E-state index in [1.165, 1.54) is 0 Å². The Morgan fingerprint density at radius 3 is 3.00 bits per heavy atom. The van der Waals surface area contributed by atoms with Gasteiger partial charge in [-0.2, -0.15) is 0 Å². The van der Waals surface area contributed by atoms with Crippen LogP contribution in [0.5, 0.6) is 0 Å². The van der Waals surface area contributed by atoms with Gasteiger partial charge in [0.05, 0.1) is 18.4 Å². The van der Waals surface area contributed by atoms with E-state index >= 15 is 0 Å². The highest BCUT2D eigenvalue weighted by atomic mass is 16.5. The van der Waals surface area contributed by atoms with Gasteiger partial charge in [-0.15, -0.1) is 5.10 Å². The maximum absolute atomic E-state index is 9.54. The van der Waals surface area contributed by atoms with Crippen molar-refractivity contribution in [1.82, 2.24) is 15.0 Å². The fourth-order valence-corrected chi connectivity index (χ4v) is 1.15. The third-order valence-electron chi connectivity index (χ3n) is 1.75. The molecule has 0 saturated heterocycles. The lowest BCUT2D eigenvalue weighted by atomic mass is 10.2. The summed E-state index contributed by atoms with van der Waals surface area (Å²) in [5, 5.41) is 17.2. The molecule has 80 valence electrons. The molecule has 5 nitrogen and oxygen atoms in total. The van der Waals surface area contributed by atoms with E-state index in [2.05, 4.69) is 10.3 Å². The van der Waals surface area contributed by atoms with Gasteiger partial charge < -0.3 is 9.84 Å². The summed E-state index contributed by atoms with van der Waals surface area (Å²) in [4.78, 5) is 0. The summed E-state index contributed by atoms with van der Waals surface area (Å²) in [6.07, 6.45) is 2.77. The summed E-state index contributed by atoms with van der Waals surface area (Å²) in [5.74, 6) is 0. The molecule has 0 aliphatic rings. The number of hydrogen-bond acceptors (Lipinski definition) is 4. The number of rotatable bonds is 6. The zero-order chi connectivity index (χ0) is 10.4. The first-order valence-corrected chi connectivity index (χ1v) is 4.83. The third kappa shape index (κ3) is 3.85. The van der Waals surface area contributed by atoms with E-state index in [1.54, 1.807) is 17.9 Å². The van der Waals surface area contributed by atoms with E-state index in [0.29, 0.717) is 19.6 Å². The second-order valence-electron chi connectivity index (χ2n) is 3.32. The maximum atomic E-state index is 9.54.